The first-order valence-corrected chi connectivity index (χ1v) is 6.61. The van der Waals surface area contributed by atoms with Crippen LogP contribution in [0.5, 0.6) is 0 Å². The molecule has 0 atom stereocenters. The minimum atomic E-state index is 0.0992. The number of nitrogens with one attached hydrogen (secondary N) is 1. The number of hydrogen-bond donors (Lipinski definition) is 1. The zero-order valence-electron chi connectivity index (χ0n) is 9.36. The minimum absolute atomic E-state index is 0.0992. The first-order chi connectivity index (χ1) is 8.31. The van der Waals surface area contributed by atoms with E-state index in [0.717, 1.165) is 22.0 Å². The summed E-state index contributed by atoms with van der Waals surface area (Å²) in [6.45, 7) is 0. The summed E-state index contributed by atoms with van der Waals surface area (Å²) >= 11 is 1.24. The zero-order valence-corrected chi connectivity index (χ0v) is 10.2. The van der Waals surface area contributed by atoms with Crippen LogP contribution in [-0.2, 0) is 0 Å². The van der Waals surface area contributed by atoms with Crippen molar-refractivity contribution in [1.82, 2.24) is 4.98 Å². The van der Waals surface area contributed by atoms with Crippen LogP contribution in [-0.4, -0.2) is 16.4 Å². The van der Waals surface area contributed by atoms with Crippen LogP contribution in [0, 0.1) is 0 Å². The summed E-state index contributed by atoms with van der Waals surface area (Å²) < 4.78 is 0. The number of carbonyl (C=O) groups excluding carboxylic acids is 1. The van der Waals surface area contributed by atoms with Crippen LogP contribution in [0.15, 0.2) is 42.5 Å². The van der Waals surface area contributed by atoms with Gasteiger partial charge in [-0.2, -0.15) is 0 Å². The van der Waals surface area contributed by atoms with Crippen LogP contribution in [0.4, 0.5) is 0 Å². The molecule has 17 heavy (non-hydrogen) atoms. The maximum Gasteiger partial charge on any atom is 0.221 e. The smallest absolute Gasteiger partial charge is 0.221 e. The predicted octanol–water partition coefficient (Wildman–Crippen LogP) is 3.82. The quantitative estimate of drug-likeness (QED) is 0.702. The molecule has 2 nitrogen and oxygen atoms in total. The van der Waals surface area contributed by atoms with Crippen LogP contribution in [0.2, 0.25) is 0 Å². The van der Waals surface area contributed by atoms with Crippen molar-refractivity contribution >= 4 is 38.7 Å². The highest BCUT2D eigenvalue weighted by Gasteiger charge is 2.12. The maximum absolute atomic E-state index is 11.8. The Bertz CT molecular complexity index is 714. The highest BCUT2D eigenvalue weighted by molar-refractivity contribution is 8.13. The van der Waals surface area contributed by atoms with Crippen molar-refractivity contribution in [2.75, 3.05) is 6.26 Å². The van der Waals surface area contributed by atoms with E-state index in [-0.39, 0.29) is 5.12 Å². The molecule has 0 radical (unpaired) electrons. The van der Waals surface area contributed by atoms with Crippen molar-refractivity contribution in [3.05, 3.63) is 48.0 Å². The normalized spacial score (nSPS) is 11.1. The number of para-hydroxylation sites is 2. The SMILES string of the molecule is CSC(=O)c1cccc2c1[nH]c1ccccc12. The number of fused-ring (bicyclic) bond motifs is 3. The molecule has 0 amide bonds. The molecule has 0 bridgehead atoms. The van der Waals surface area contributed by atoms with Crippen LogP contribution >= 0.6 is 11.8 Å². The van der Waals surface area contributed by atoms with Crippen molar-refractivity contribution in [2.24, 2.45) is 0 Å². The number of thioether (sulfide) groups is 1. The summed E-state index contributed by atoms with van der Waals surface area (Å²) in [4.78, 5) is 15.2. The van der Waals surface area contributed by atoms with Crippen LogP contribution in [0.3, 0.4) is 0 Å². The third kappa shape index (κ3) is 1.54. The molecule has 0 spiro atoms. The lowest BCUT2D eigenvalue weighted by atomic mass is 10.1. The second kappa shape index (κ2) is 3.93. The van der Waals surface area contributed by atoms with Gasteiger partial charge in [-0.05, 0) is 18.4 Å². The summed E-state index contributed by atoms with van der Waals surface area (Å²) in [7, 11) is 0. The van der Waals surface area contributed by atoms with Crippen LogP contribution in [0.1, 0.15) is 10.4 Å². The molecule has 0 saturated heterocycles. The Balaban J connectivity index is 2.43. The Morgan fingerprint density at radius 1 is 1.06 bits per heavy atom. The van der Waals surface area contributed by atoms with E-state index in [1.54, 1.807) is 0 Å². The Kier molecular flexibility index (Phi) is 2.41. The van der Waals surface area contributed by atoms with Gasteiger partial charge in [0.1, 0.15) is 0 Å². The van der Waals surface area contributed by atoms with Crippen molar-refractivity contribution in [1.29, 1.82) is 0 Å². The van der Waals surface area contributed by atoms with Crippen molar-refractivity contribution in [3.8, 4) is 0 Å². The molecule has 0 aliphatic rings. The van der Waals surface area contributed by atoms with Crippen LogP contribution < -0.4 is 0 Å². The number of carbonyl (C=O) groups is 1. The largest absolute Gasteiger partial charge is 0.354 e. The fourth-order valence-corrected chi connectivity index (χ4v) is 2.54. The molecule has 1 N–H and O–H groups in total. The van der Waals surface area contributed by atoms with Gasteiger partial charge in [0.15, 0.2) is 0 Å². The average Bonchev–Trinajstić information content (AvgIpc) is 2.76. The number of hydrogen-bond acceptors (Lipinski definition) is 2. The summed E-state index contributed by atoms with van der Waals surface area (Å²) in [6.07, 6.45) is 1.81. The van der Waals surface area contributed by atoms with E-state index in [1.807, 2.05) is 42.7 Å². The van der Waals surface area contributed by atoms with Gasteiger partial charge in [-0.25, -0.2) is 0 Å². The van der Waals surface area contributed by atoms with Gasteiger partial charge in [-0.15, -0.1) is 0 Å². The molecule has 1 aromatic heterocycles. The van der Waals surface area contributed by atoms with Crippen LogP contribution in [0.25, 0.3) is 21.8 Å². The second-order valence-corrected chi connectivity index (χ2v) is 4.67. The van der Waals surface area contributed by atoms with Crippen molar-refractivity contribution < 1.29 is 4.79 Å². The first kappa shape index (κ1) is 10.4. The number of rotatable bonds is 1. The number of benzene rings is 2. The average molecular weight is 241 g/mol. The molecule has 0 saturated carbocycles. The minimum Gasteiger partial charge on any atom is -0.354 e. The van der Waals surface area contributed by atoms with Gasteiger partial charge in [-0.1, -0.05) is 42.1 Å². The van der Waals surface area contributed by atoms with Gasteiger partial charge in [0.25, 0.3) is 0 Å². The molecule has 3 rings (SSSR count). The van der Waals surface area contributed by atoms with Gasteiger partial charge < -0.3 is 4.98 Å². The summed E-state index contributed by atoms with van der Waals surface area (Å²) in [5.41, 5.74) is 2.77. The molecule has 3 heteroatoms. The highest BCUT2D eigenvalue weighted by Crippen LogP contribution is 2.28. The van der Waals surface area contributed by atoms with Gasteiger partial charge in [0, 0.05) is 16.3 Å². The second-order valence-electron chi connectivity index (χ2n) is 3.89. The Morgan fingerprint density at radius 3 is 2.65 bits per heavy atom. The number of aromatic nitrogens is 1. The highest BCUT2D eigenvalue weighted by atomic mass is 32.2. The molecular formula is C14H11NOS. The van der Waals surface area contributed by atoms with Crippen molar-refractivity contribution in [3.63, 3.8) is 0 Å². The third-order valence-electron chi connectivity index (χ3n) is 2.95. The lowest BCUT2D eigenvalue weighted by Gasteiger charge is -1.98. The Hall–Kier alpha value is -1.74. The van der Waals surface area contributed by atoms with E-state index < -0.39 is 0 Å². The Morgan fingerprint density at radius 2 is 1.82 bits per heavy atom. The molecular weight excluding hydrogens is 230 g/mol. The first-order valence-electron chi connectivity index (χ1n) is 5.39. The standard InChI is InChI=1S/C14H11NOS/c1-17-14(16)11-7-4-6-10-9-5-2-3-8-12(9)15-13(10)11/h2-8,15H,1H3. The summed E-state index contributed by atoms with van der Waals surface area (Å²) in [5.74, 6) is 0. The third-order valence-corrected chi connectivity index (χ3v) is 3.54. The van der Waals surface area contributed by atoms with Gasteiger partial charge in [0.05, 0.1) is 11.1 Å². The summed E-state index contributed by atoms with van der Waals surface area (Å²) in [5, 5.41) is 2.38. The van der Waals surface area contributed by atoms with Gasteiger partial charge >= 0.3 is 0 Å². The zero-order chi connectivity index (χ0) is 11.8. The fraction of sp³-hybridized carbons (Fsp3) is 0.0714. The molecule has 1 heterocycles. The lowest BCUT2D eigenvalue weighted by Crippen LogP contribution is -1.92. The molecule has 3 aromatic rings. The Labute approximate surface area is 103 Å². The fourth-order valence-electron chi connectivity index (χ4n) is 2.15. The van der Waals surface area contributed by atoms with Gasteiger partial charge in [-0.3, -0.25) is 4.79 Å². The molecule has 2 aromatic carbocycles. The summed E-state index contributed by atoms with van der Waals surface area (Å²) in [6, 6.07) is 14.0. The van der Waals surface area contributed by atoms with E-state index >= 15 is 0 Å². The number of aromatic amines is 1. The molecule has 0 fully saturated rings. The van der Waals surface area contributed by atoms with E-state index in [4.69, 9.17) is 0 Å². The van der Waals surface area contributed by atoms with E-state index in [1.165, 1.54) is 17.1 Å². The topological polar surface area (TPSA) is 32.9 Å². The molecule has 84 valence electrons. The predicted molar refractivity (Wildman–Crippen MR) is 73.7 cm³/mol. The molecule has 0 unspecified atom stereocenters. The molecule has 0 aliphatic heterocycles. The maximum atomic E-state index is 11.8. The van der Waals surface area contributed by atoms with Gasteiger partial charge in [0.2, 0.25) is 5.12 Å². The molecule has 0 aliphatic carbocycles. The van der Waals surface area contributed by atoms with E-state index in [0.29, 0.717) is 0 Å². The number of H-pyrrole nitrogens is 1. The monoisotopic (exact) mass is 241 g/mol. The van der Waals surface area contributed by atoms with E-state index in [9.17, 15) is 4.79 Å². The van der Waals surface area contributed by atoms with Crippen molar-refractivity contribution in [2.45, 2.75) is 0 Å². The van der Waals surface area contributed by atoms with E-state index in [2.05, 4.69) is 11.1 Å². The lowest BCUT2D eigenvalue weighted by molar-refractivity contribution is 0.109.